The Bertz CT molecular complexity index is 304. The van der Waals surface area contributed by atoms with Crippen molar-refractivity contribution < 1.29 is 8.42 Å². The van der Waals surface area contributed by atoms with Crippen LogP contribution in [0.1, 0.15) is 33.1 Å². The molecule has 1 atom stereocenters. The molecule has 1 saturated carbocycles. The highest BCUT2D eigenvalue weighted by molar-refractivity contribution is 8.00. The van der Waals surface area contributed by atoms with Crippen LogP contribution in [0.2, 0.25) is 0 Å². The van der Waals surface area contributed by atoms with E-state index in [0.717, 1.165) is 6.54 Å². The second-order valence-electron chi connectivity index (χ2n) is 4.72. The Hall–Kier alpha value is 0.260. The van der Waals surface area contributed by atoms with Crippen molar-refractivity contribution in [3.63, 3.8) is 0 Å². The molecule has 1 N–H and O–H groups in total. The summed E-state index contributed by atoms with van der Waals surface area (Å²) in [7, 11) is -2.85. The maximum Gasteiger partial charge on any atom is 0.151 e. The van der Waals surface area contributed by atoms with Crippen LogP contribution in [0.3, 0.4) is 0 Å². The molecule has 1 aliphatic carbocycles. The molecule has 1 unspecified atom stereocenters. The van der Waals surface area contributed by atoms with Crippen LogP contribution in [0, 0.1) is 0 Å². The van der Waals surface area contributed by atoms with Crippen LogP contribution in [0.15, 0.2) is 0 Å². The largest absolute Gasteiger partial charge is 0.312 e. The third-order valence-electron chi connectivity index (χ3n) is 3.41. The molecule has 0 radical (unpaired) electrons. The van der Waals surface area contributed by atoms with Crippen LogP contribution in [-0.4, -0.2) is 43.5 Å². The number of sulfone groups is 1. The second-order valence-corrected chi connectivity index (χ2v) is 8.39. The zero-order valence-electron chi connectivity index (χ0n) is 10.5. The van der Waals surface area contributed by atoms with Crippen molar-refractivity contribution in [2.45, 2.75) is 43.9 Å². The highest BCUT2D eigenvalue weighted by Gasteiger charge is 2.36. The van der Waals surface area contributed by atoms with Gasteiger partial charge >= 0.3 is 0 Å². The van der Waals surface area contributed by atoms with Crippen molar-refractivity contribution >= 4 is 21.6 Å². The van der Waals surface area contributed by atoms with Gasteiger partial charge in [0, 0.05) is 23.1 Å². The molecule has 0 bridgehead atoms. The Morgan fingerprint density at radius 3 is 2.44 bits per heavy atom. The van der Waals surface area contributed by atoms with Gasteiger partial charge in [-0.15, -0.1) is 0 Å². The van der Waals surface area contributed by atoms with Crippen molar-refractivity contribution in [2.75, 3.05) is 24.3 Å². The summed E-state index contributed by atoms with van der Waals surface area (Å²) in [4.78, 5) is 0. The van der Waals surface area contributed by atoms with E-state index in [4.69, 9.17) is 0 Å². The second kappa shape index (κ2) is 5.74. The lowest BCUT2D eigenvalue weighted by Gasteiger charge is -2.41. The first-order chi connectivity index (χ1) is 7.43. The van der Waals surface area contributed by atoms with E-state index >= 15 is 0 Å². The fourth-order valence-corrected chi connectivity index (χ4v) is 3.98. The van der Waals surface area contributed by atoms with E-state index in [-0.39, 0.29) is 17.5 Å². The molecule has 0 amide bonds. The van der Waals surface area contributed by atoms with Gasteiger partial charge in [0.25, 0.3) is 0 Å². The van der Waals surface area contributed by atoms with Crippen molar-refractivity contribution in [1.82, 2.24) is 5.32 Å². The molecule has 1 rings (SSSR count). The molecule has 0 aromatic rings. The van der Waals surface area contributed by atoms with Crippen LogP contribution in [0.4, 0.5) is 0 Å². The van der Waals surface area contributed by atoms with Gasteiger partial charge in [0.05, 0.1) is 5.75 Å². The lowest BCUT2D eigenvalue weighted by Crippen LogP contribution is -2.47. The molecule has 1 fully saturated rings. The minimum absolute atomic E-state index is 0.0644. The minimum Gasteiger partial charge on any atom is -0.312 e. The maximum atomic E-state index is 11.4. The molecule has 0 aromatic heterocycles. The molecule has 3 nitrogen and oxygen atoms in total. The summed E-state index contributed by atoms with van der Waals surface area (Å²) in [6, 6.07) is 0.0644. The zero-order chi connectivity index (χ0) is 12.2. The van der Waals surface area contributed by atoms with Gasteiger partial charge in [-0.2, -0.15) is 11.8 Å². The smallest absolute Gasteiger partial charge is 0.151 e. The standard InChI is InChI=1S/C11H23NO2S2/c1-4-16(13,14)8-10(2)12-9-11(15-3)6-5-7-11/h10,12H,4-9H2,1-3H3. The lowest BCUT2D eigenvalue weighted by molar-refractivity contribution is 0.337. The number of hydrogen-bond acceptors (Lipinski definition) is 4. The monoisotopic (exact) mass is 265 g/mol. The molecule has 1 aliphatic rings. The van der Waals surface area contributed by atoms with Crippen LogP contribution >= 0.6 is 11.8 Å². The van der Waals surface area contributed by atoms with Crippen molar-refractivity contribution in [3.05, 3.63) is 0 Å². The quantitative estimate of drug-likeness (QED) is 0.761. The first-order valence-electron chi connectivity index (χ1n) is 5.92. The van der Waals surface area contributed by atoms with Crippen LogP contribution in [-0.2, 0) is 9.84 Å². The van der Waals surface area contributed by atoms with E-state index in [1.165, 1.54) is 19.3 Å². The summed E-state index contributed by atoms with van der Waals surface area (Å²) in [6.07, 6.45) is 5.97. The van der Waals surface area contributed by atoms with Gasteiger partial charge in [-0.05, 0) is 26.0 Å². The van der Waals surface area contributed by atoms with E-state index < -0.39 is 9.84 Å². The maximum absolute atomic E-state index is 11.4. The highest BCUT2D eigenvalue weighted by Crippen LogP contribution is 2.42. The van der Waals surface area contributed by atoms with Gasteiger partial charge < -0.3 is 5.32 Å². The third kappa shape index (κ3) is 3.93. The Morgan fingerprint density at radius 1 is 1.44 bits per heavy atom. The van der Waals surface area contributed by atoms with Crippen LogP contribution < -0.4 is 5.32 Å². The van der Waals surface area contributed by atoms with Gasteiger partial charge in [-0.3, -0.25) is 0 Å². The van der Waals surface area contributed by atoms with Crippen molar-refractivity contribution in [2.24, 2.45) is 0 Å². The topological polar surface area (TPSA) is 46.2 Å². The first kappa shape index (κ1) is 14.3. The molecular formula is C11H23NO2S2. The number of rotatable bonds is 7. The molecule has 16 heavy (non-hydrogen) atoms. The zero-order valence-corrected chi connectivity index (χ0v) is 12.1. The van der Waals surface area contributed by atoms with E-state index in [1.54, 1.807) is 6.92 Å². The highest BCUT2D eigenvalue weighted by atomic mass is 32.2. The third-order valence-corrected chi connectivity index (χ3v) is 6.72. The summed E-state index contributed by atoms with van der Waals surface area (Å²) in [6.45, 7) is 4.60. The number of thioether (sulfide) groups is 1. The number of hydrogen-bond donors (Lipinski definition) is 1. The Kier molecular flexibility index (Phi) is 5.13. The van der Waals surface area contributed by atoms with Gasteiger partial charge in [0.2, 0.25) is 0 Å². The van der Waals surface area contributed by atoms with Gasteiger partial charge in [0.15, 0.2) is 9.84 Å². The molecule has 0 saturated heterocycles. The van der Waals surface area contributed by atoms with E-state index in [1.807, 2.05) is 18.7 Å². The van der Waals surface area contributed by atoms with E-state index in [9.17, 15) is 8.42 Å². The van der Waals surface area contributed by atoms with Gasteiger partial charge in [-0.1, -0.05) is 13.3 Å². The molecule has 5 heteroatoms. The van der Waals surface area contributed by atoms with Crippen molar-refractivity contribution in [1.29, 1.82) is 0 Å². The Balaban J connectivity index is 2.32. The summed E-state index contributed by atoms with van der Waals surface area (Å²) in [5.41, 5.74) is 0. The van der Waals surface area contributed by atoms with Crippen LogP contribution in [0.25, 0.3) is 0 Å². The SMILES string of the molecule is CCS(=O)(=O)CC(C)NCC1(SC)CCC1. The Labute approximate surface area is 104 Å². The average molecular weight is 265 g/mol. The van der Waals surface area contributed by atoms with Crippen LogP contribution in [0.5, 0.6) is 0 Å². The fourth-order valence-electron chi connectivity index (χ4n) is 1.94. The van der Waals surface area contributed by atoms with E-state index in [2.05, 4.69) is 11.6 Å². The summed E-state index contributed by atoms with van der Waals surface area (Å²) < 4.78 is 23.3. The average Bonchev–Trinajstić information content (AvgIpc) is 2.16. The fraction of sp³-hybridized carbons (Fsp3) is 1.00. The predicted octanol–water partition coefficient (Wildman–Crippen LogP) is 1.68. The van der Waals surface area contributed by atoms with Gasteiger partial charge in [-0.25, -0.2) is 8.42 Å². The lowest BCUT2D eigenvalue weighted by atomic mass is 9.84. The normalized spacial score (nSPS) is 21.4. The predicted molar refractivity (Wildman–Crippen MR) is 71.9 cm³/mol. The first-order valence-corrected chi connectivity index (χ1v) is 8.96. The van der Waals surface area contributed by atoms with Crippen molar-refractivity contribution in [3.8, 4) is 0 Å². The molecule has 0 aliphatic heterocycles. The molecular weight excluding hydrogens is 242 g/mol. The number of nitrogens with one attached hydrogen (secondary N) is 1. The Morgan fingerprint density at radius 2 is 2.06 bits per heavy atom. The molecule has 96 valence electrons. The van der Waals surface area contributed by atoms with Gasteiger partial charge in [0.1, 0.15) is 0 Å². The summed E-state index contributed by atoms with van der Waals surface area (Å²) in [5, 5.41) is 3.37. The summed E-state index contributed by atoms with van der Waals surface area (Å²) >= 11 is 1.91. The molecule has 0 aromatic carbocycles. The molecule has 0 spiro atoms. The molecule has 0 heterocycles. The minimum atomic E-state index is -2.85. The summed E-state index contributed by atoms with van der Waals surface area (Å²) in [5.74, 6) is 0.501. The van der Waals surface area contributed by atoms with E-state index in [0.29, 0.717) is 4.75 Å².